The molecule has 1 N–H and O–H groups in total. The summed E-state index contributed by atoms with van der Waals surface area (Å²) in [4.78, 5) is 28.2. The number of benzene rings is 1. The number of hydrogen-bond donors (Lipinski definition) is 1. The summed E-state index contributed by atoms with van der Waals surface area (Å²) in [5.74, 6) is 0.122. The Morgan fingerprint density at radius 2 is 1.79 bits per heavy atom. The number of nitro groups is 1. The molecule has 1 aromatic rings. The highest BCUT2D eigenvalue weighted by molar-refractivity contribution is 5.79. The van der Waals surface area contributed by atoms with Crippen LogP contribution in [0.1, 0.15) is 51.4 Å². The van der Waals surface area contributed by atoms with Crippen LogP contribution in [0, 0.1) is 16.0 Å². The third kappa shape index (κ3) is 5.07. The monoisotopic (exact) mass is 402 g/mol. The SMILES string of the molecule is CN(C)C1(CNC(=O)C2CCN(c3ccccc3[N+](=O)[O-])CC2)CCCCCC1. The van der Waals surface area contributed by atoms with Crippen molar-refractivity contribution < 1.29 is 9.72 Å². The molecule has 160 valence electrons. The molecule has 29 heavy (non-hydrogen) atoms. The van der Waals surface area contributed by atoms with Crippen LogP contribution in [0.25, 0.3) is 0 Å². The van der Waals surface area contributed by atoms with Crippen LogP contribution in [0.4, 0.5) is 11.4 Å². The molecule has 0 radical (unpaired) electrons. The summed E-state index contributed by atoms with van der Waals surface area (Å²) in [5, 5.41) is 14.5. The van der Waals surface area contributed by atoms with Crippen LogP contribution >= 0.6 is 0 Å². The van der Waals surface area contributed by atoms with Gasteiger partial charge < -0.3 is 15.1 Å². The van der Waals surface area contributed by atoms with E-state index in [9.17, 15) is 14.9 Å². The maximum Gasteiger partial charge on any atom is 0.292 e. The van der Waals surface area contributed by atoms with Gasteiger partial charge in [0.15, 0.2) is 0 Å². The molecule has 1 aliphatic carbocycles. The average Bonchev–Trinajstić information content (AvgIpc) is 2.99. The van der Waals surface area contributed by atoms with E-state index in [1.54, 1.807) is 18.2 Å². The number of nitrogens with zero attached hydrogens (tertiary/aromatic N) is 3. The Balaban J connectivity index is 1.56. The Kier molecular flexibility index (Phi) is 7.11. The highest BCUT2D eigenvalue weighted by Gasteiger charge is 2.35. The molecule has 2 fully saturated rings. The molecular formula is C22H34N4O3. The first-order valence-corrected chi connectivity index (χ1v) is 10.9. The fraction of sp³-hybridized carbons (Fsp3) is 0.682. The standard InChI is InChI=1S/C22H34N4O3/c1-24(2)22(13-7-3-4-8-14-22)17-23-21(27)18-11-15-25(16-12-18)19-9-5-6-10-20(19)26(28)29/h5-6,9-10,18H,3-4,7-8,11-17H2,1-2H3,(H,23,27). The summed E-state index contributed by atoms with van der Waals surface area (Å²) in [7, 11) is 4.26. The van der Waals surface area contributed by atoms with E-state index in [2.05, 4.69) is 24.3 Å². The Hall–Kier alpha value is -2.15. The topological polar surface area (TPSA) is 78.7 Å². The second kappa shape index (κ2) is 9.57. The minimum absolute atomic E-state index is 0.0148. The summed E-state index contributed by atoms with van der Waals surface area (Å²) in [6.07, 6.45) is 8.75. The summed E-state index contributed by atoms with van der Waals surface area (Å²) < 4.78 is 0. The summed E-state index contributed by atoms with van der Waals surface area (Å²) >= 11 is 0. The van der Waals surface area contributed by atoms with E-state index in [-0.39, 0.29) is 28.0 Å². The van der Waals surface area contributed by atoms with Crippen molar-refractivity contribution in [3.8, 4) is 0 Å². The first kappa shape index (κ1) is 21.6. The molecule has 1 saturated heterocycles. The molecule has 0 unspecified atom stereocenters. The minimum Gasteiger partial charge on any atom is -0.366 e. The number of amides is 1. The summed E-state index contributed by atoms with van der Waals surface area (Å²) in [6.45, 7) is 2.05. The lowest BCUT2D eigenvalue weighted by Gasteiger charge is -2.40. The molecule has 0 atom stereocenters. The van der Waals surface area contributed by atoms with E-state index in [4.69, 9.17) is 0 Å². The zero-order valence-electron chi connectivity index (χ0n) is 17.7. The van der Waals surface area contributed by atoms with Crippen molar-refractivity contribution in [2.45, 2.75) is 56.9 Å². The van der Waals surface area contributed by atoms with E-state index < -0.39 is 0 Å². The van der Waals surface area contributed by atoms with Crippen molar-refractivity contribution in [2.75, 3.05) is 38.6 Å². The number of nitrogens with one attached hydrogen (secondary N) is 1. The Bertz CT molecular complexity index is 706. The maximum atomic E-state index is 12.9. The largest absolute Gasteiger partial charge is 0.366 e. The van der Waals surface area contributed by atoms with E-state index in [1.165, 1.54) is 25.7 Å². The van der Waals surface area contributed by atoms with E-state index in [0.29, 0.717) is 25.3 Å². The van der Waals surface area contributed by atoms with E-state index >= 15 is 0 Å². The highest BCUT2D eigenvalue weighted by atomic mass is 16.6. The highest BCUT2D eigenvalue weighted by Crippen LogP contribution is 2.32. The lowest BCUT2D eigenvalue weighted by Crippen LogP contribution is -2.53. The van der Waals surface area contributed by atoms with Gasteiger partial charge in [0.05, 0.1) is 4.92 Å². The van der Waals surface area contributed by atoms with Crippen molar-refractivity contribution in [3.63, 3.8) is 0 Å². The van der Waals surface area contributed by atoms with Crippen molar-refractivity contribution in [1.82, 2.24) is 10.2 Å². The number of carbonyl (C=O) groups is 1. The van der Waals surface area contributed by atoms with E-state index in [0.717, 1.165) is 25.7 Å². The Labute approximate surface area is 173 Å². The van der Waals surface area contributed by atoms with Gasteiger partial charge in [0.2, 0.25) is 5.91 Å². The van der Waals surface area contributed by atoms with Crippen molar-refractivity contribution in [3.05, 3.63) is 34.4 Å². The molecule has 1 heterocycles. The number of para-hydroxylation sites is 2. The lowest BCUT2D eigenvalue weighted by atomic mass is 9.88. The van der Waals surface area contributed by atoms with Gasteiger partial charge >= 0.3 is 0 Å². The molecular weight excluding hydrogens is 368 g/mol. The number of carbonyl (C=O) groups excluding carboxylic acids is 1. The Morgan fingerprint density at radius 1 is 1.17 bits per heavy atom. The first-order chi connectivity index (χ1) is 13.9. The van der Waals surface area contributed by atoms with Gasteiger partial charge in [-0.2, -0.15) is 0 Å². The number of anilines is 1. The number of piperidine rings is 1. The first-order valence-electron chi connectivity index (χ1n) is 10.9. The second-order valence-electron chi connectivity index (χ2n) is 8.76. The van der Waals surface area contributed by atoms with Gasteiger partial charge in [-0.25, -0.2) is 0 Å². The van der Waals surface area contributed by atoms with Crippen LogP contribution in [0.2, 0.25) is 0 Å². The number of nitro benzene ring substituents is 1. The average molecular weight is 403 g/mol. The van der Waals surface area contributed by atoms with Gasteiger partial charge in [-0.1, -0.05) is 37.8 Å². The molecule has 1 aliphatic heterocycles. The maximum absolute atomic E-state index is 12.9. The molecule has 1 amide bonds. The number of hydrogen-bond acceptors (Lipinski definition) is 5. The molecule has 2 aliphatic rings. The third-order valence-corrected chi connectivity index (χ3v) is 6.86. The van der Waals surface area contributed by atoms with Gasteiger partial charge in [-0.05, 0) is 45.8 Å². The summed E-state index contributed by atoms with van der Waals surface area (Å²) in [5.41, 5.74) is 0.857. The molecule has 7 heteroatoms. The smallest absolute Gasteiger partial charge is 0.292 e. The number of likely N-dealkylation sites (N-methyl/N-ethyl adjacent to an activating group) is 1. The van der Waals surface area contributed by atoms with Crippen LogP contribution in [0.5, 0.6) is 0 Å². The van der Waals surface area contributed by atoms with Crippen LogP contribution in [-0.2, 0) is 4.79 Å². The van der Waals surface area contributed by atoms with Crippen LogP contribution < -0.4 is 10.2 Å². The third-order valence-electron chi connectivity index (χ3n) is 6.86. The van der Waals surface area contributed by atoms with Crippen LogP contribution in [0.3, 0.4) is 0 Å². The van der Waals surface area contributed by atoms with Gasteiger partial charge in [0, 0.05) is 37.2 Å². The normalized spacial score (nSPS) is 20.3. The number of rotatable bonds is 6. The fourth-order valence-corrected chi connectivity index (χ4v) is 4.83. The van der Waals surface area contributed by atoms with E-state index in [1.807, 2.05) is 11.0 Å². The quantitative estimate of drug-likeness (QED) is 0.447. The predicted octanol–water partition coefficient (Wildman–Crippen LogP) is 3.58. The van der Waals surface area contributed by atoms with Crippen LogP contribution in [-0.4, -0.2) is 55.0 Å². The zero-order valence-corrected chi connectivity index (χ0v) is 17.7. The van der Waals surface area contributed by atoms with Crippen molar-refractivity contribution in [2.24, 2.45) is 5.92 Å². The van der Waals surface area contributed by atoms with Gasteiger partial charge in [0.25, 0.3) is 5.69 Å². The fourth-order valence-electron chi connectivity index (χ4n) is 4.83. The molecule has 0 bridgehead atoms. The molecule has 1 saturated carbocycles. The van der Waals surface area contributed by atoms with Gasteiger partial charge in [-0.15, -0.1) is 0 Å². The zero-order chi connectivity index (χ0) is 20.9. The second-order valence-corrected chi connectivity index (χ2v) is 8.76. The van der Waals surface area contributed by atoms with Crippen molar-refractivity contribution in [1.29, 1.82) is 0 Å². The van der Waals surface area contributed by atoms with Gasteiger partial charge in [-0.3, -0.25) is 14.9 Å². The molecule has 1 aromatic carbocycles. The molecule has 0 spiro atoms. The molecule has 3 rings (SSSR count). The van der Waals surface area contributed by atoms with Crippen LogP contribution in [0.15, 0.2) is 24.3 Å². The molecule has 0 aromatic heterocycles. The summed E-state index contributed by atoms with van der Waals surface area (Å²) in [6, 6.07) is 6.86. The van der Waals surface area contributed by atoms with Gasteiger partial charge in [0.1, 0.15) is 5.69 Å². The molecule has 7 nitrogen and oxygen atoms in total. The Morgan fingerprint density at radius 3 is 2.38 bits per heavy atom. The van der Waals surface area contributed by atoms with Crippen molar-refractivity contribution >= 4 is 17.3 Å². The predicted molar refractivity (Wildman–Crippen MR) is 115 cm³/mol. The lowest BCUT2D eigenvalue weighted by molar-refractivity contribution is -0.384. The minimum atomic E-state index is -0.332.